The van der Waals surface area contributed by atoms with E-state index in [2.05, 4.69) is 49.1 Å². The molecule has 8 nitrogen and oxygen atoms in total. The van der Waals surface area contributed by atoms with Gasteiger partial charge in [0.2, 0.25) is 10.0 Å². The summed E-state index contributed by atoms with van der Waals surface area (Å²) >= 11 is 0. The monoisotopic (exact) mass is 551 g/mol. The number of guanidine groups is 1. The quantitative estimate of drug-likeness (QED) is 0.313. The third kappa shape index (κ3) is 7.04. The Bertz CT molecular complexity index is 819. The molecule has 1 aromatic carbocycles. The predicted octanol–water partition coefficient (Wildman–Crippen LogP) is 1.09. The van der Waals surface area contributed by atoms with Crippen LogP contribution in [0.4, 0.5) is 0 Å². The van der Waals surface area contributed by atoms with Gasteiger partial charge in [0.25, 0.3) is 0 Å². The van der Waals surface area contributed by atoms with Gasteiger partial charge in [-0.1, -0.05) is 30.3 Å². The van der Waals surface area contributed by atoms with Crippen molar-refractivity contribution < 1.29 is 13.2 Å². The highest BCUT2D eigenvalue weighted by Gasteiger charge is 2.41. The Labute approximate surface area is 197 Å². The highest BCUT2D eigenvalue weighted by atomic mass is 127. The average Bonchev–Trinajstić information content (AvgIpc) is 3.06. The van der Waals surface area contributed by atoms with Gasteiger partial charge < -0.3 is 15.0 Å². The summed E-state index contributed by atoms with van der Waals surface area (Å²) in [5.41, 5.74) is 0.689. The molecule has 0 aliphatic carbocycles. The van der Waals surface area contributed by atoms with E-state index >= 15 is 0 Å². The molecule has 170 valence electrons. The van der Waals surface area contributed by atoms with Gasteiger partial charge in [-0.15, -0.1) is 24.0 Å². The zero-order chi connectivity index (χ0) is 21.1. The van der Waals surface area contributed by atoms with Crippen molar-refractivity contribution in [1.29, 1.82) is 0 Å². The number of halogens is 1. The third-order valence-electron chi connectivity index (χ3n) is 5.31. The van der Waals surface area contributed by atoms with E-state index in [0.717, 1.165) is 38.7 Å². The van der Waals surface area contributed by atoms with Crippen molar-refractivity contribution in [1.82, 2.24) is 19.8 Å². The van der Waals surface area contributed by atoms with Gasteiger partial charge in [0, 0.05) is 45.3 Å². The summed E-state index contributed by atoms with van der Waals surface area (Å²) in [5, 5.41) is 3.32. The Morgan fingerprint density at radius 2 is 1.97 bits per heavy atom. The Morgan fingerprint density at radius 3 is 2.60 bits per heavy atom. The molecule has 0 saturated carbocycles. The lowest BCUT2D eigenvalue weighted by Gasteiger charge is -2.36. The van der Waals surface area contributed by atoms with Crippen molar-refractivity contribution in [3.63, 3.8) is 0 Å². The molecule has 0 bridgehead atoms. The number of aliphatic imine (C=N–C) groups is 1. The molecule has 2 aliphatic rings. The molecule has 30 heavy (non-hydrogen) atoms. The summed E-state index contributed by atoms with van der Waals surface area (Å²) in [7, 11) is -1.53. The minimum atomic E-state index is -3.28. The lowest BCUT2D eigenvalue weighted by molar-refractivity contribution is -0.0502. The molecule has 2 heterocycles. The zero-order valence-corrected chi connectivity index (χ0v) is 21.3. The molecule has 0 radical (unpaired) electrons. The summed E-state index contributed by atoms with van der Waals surface area (Å²) in [6.45, 7) is 8.31. The van der Waals surface area contributed by atoms with Gasteiger partial charge in [0.1, 0.15) is 0 Å². The van der Waals surface area contributed by atoms with Crippen LogP contribution in [0.15, 0.2) is 35.3 Å². The number of hydrogen-bond donors (Lipinski definition) is 2. The van der Waals surface area contributed by atoms with Crippen LogP contribution in [0.2, 0.25) is 0 Å². The maximum Gasteiger partial charge on any atom is 0.209 e. The highest BCUT2D eigenvalue weighted by molar-refractivity contribution is 14.0. The summed E-state index contributed by atoms with van der Waals surface area (Å²) in [4.78, 5) is 9.11. The van der Waals surface area contributed by atoms with Crippen LogP contribution in [0.25, 0.3) is 0 Å². The average molecular weight is 551 g/mol. The predicted molar refractivity (Wildman–Crippen MR) is 131 cm³/mol. The van der Waals surface area contributed by atoms with Crippen LogP contribution in [0, 0.1) is 0 Å². The smallest absolute Gasteiger partial charge is 0.209 e. The Kier molecular flexibility index (Phi) is 8.92. The number of rotatable bonds is 6. The minimum absolute atomic E-state index is 0. The van der Waals surface area contributed by atoms with E-state index in [1.807, 2.05) is 19.9 Å². The first kappa shape index (κ1) is 25.3. The lowest BCUT2D eigenvalue weighted by Crippen LogP contribution is -2.53. The molecule has 2 unspecified atom stereocenters. The second-order valence-electron chi connectivity index (χ2n) is 8.50. The number of ether oxygens (including phenoxy) is 1. The molecular formula is C20H34IN5O3S. The molecule has 0 amide bonds. The van der Waals surface area contributed by atoms with Crippen LogP contribution in [0.3, 0.4) is 0 Å². The number of sulfonamides is 1. The Balaban J connectivity index is 0.00000320. The topological polar surface area (TPSA) is 86.3 Å². The van der Waals surface area contributed by atoms with Gasteiger partial charge in [-0.05, 0) is 19.4 Å². The lowest BCUT2D eigenvalue weighted by atomic mass is 10.1. The van der Waals surface area contributed by atoms with E-state index in [-0.39, 0.29) is 30.1 Å². The molecular weight excluding hydrogens is 517 g/mol. The molecule has 2 aliphatic heterocycles. The molecule has 2 saturated heterocycles. The Morgan fingerprint density at radius 1 is 1.27 bits per heavy atom. The highest BCUT2D eigenvalue weighted by Crippen LogP contribution is 2.24. The SMILES string of the molecule is CN=C(NCC(C)(C)NS(C)(=O)=O)N1CC2OCCN(Cc3ccccc3)C2C1.I. The van der Waals surface area contributed by atoms with E-state index in [1.165, 1.54) is 11.8 Å². The molecule has 2 N–H and O–H groups in total. The normalized spacial score (nSPS) is 23.1. The first-order chi connectivity index (χ1) is 13.7. The van der Waals surface area contributed by atoms with Crippen molar-refractivity contribution in [2.24, 2.45) is 4.99 Å². The van der Waals surface area contributed by atoms with Crippen LogP contribution >= 0.6 is 24.0 Å². The van der Waals surface area contributed by atoms with Gasteiger partial charge in [-0.25, -0.2) is 13.1 Å². The van der Waals surface area contributed by atoms with E-state index < -0.39 is 15.6 Å². The van der Waals surface area contributed by atoms with E-state index in [9.17, 15) is 8.42 Å². The number of nitrogens with zero attached hydrogens (tertiary/aromatic N) is 3. The van der Waals surface area contributed by atoms with Gasteiger partial charge in [-0.2, -0.15) is 0 Å². The second-order valence-corrected chi connectivity index (χ2v) is 10.2. The maximum atomic E-state index is 11.6. The fraction of sp³-hybridized carbons (Fsp3) is 0.650. The van der Waals surface area contributed by atoms with Crippen LogP contribution in [0.5, 0.6) is 0 Å². The minimum Gasteiger partial charge on any atom is -0.373 e. The van der Waals surface area contributed by atoms with Crippen LogP contribution in [-0.2, 0) is 21.3 Å². The number of morpholine rings is 1. The molecule has 3 rings (SSSR count). The van der Waals surface area contributed by atoms with Crippen molar-refractivity contribution in [3.05, 3.63) is 35.9 Å². The molecule has 0 aromatic heterocycles. The first-order valence-electron chi connectivity index (χ1n) is 10.0. The fourth-order valence-electron chi connectivity index (χ4n) is 4.12. The number of nitrogens with one attached hydrogen (secondary N) is 2. The fourth-order valence-corrected chi connectivity index (χ4v) is 5.19. The van der Waals surface area contributed by atoms with Gasteiger partial charge in [0.05, 0.1) is 25.0 Å². The summed E-state index contributed by atoms with van der Waals surface area (Å²) < 4.78 is 31.8. The van der Waals surface area contributed by atoms with Crippen molar-refractivity contribution in [2.75, 3.05) is 46.1 Å². The van der Waals surface area contributed by atoms with Crippen LogP contribution in [0.1, 0.15) is 19.4 Å². The van der Waals surface area contributed by atoms with Gasteiger partial charge in [0.15, 0.2) is 5.96 Å². The van der Waals surface area contributed by atoms with Crippen molar-refractivity contribution >= 4 is 40.0 Å². The number of fused-ring (bicyclic) bond motifs is 1. The number of likely N-dealkylation sites (tertiary alicyclic amines) is 1. The van der Waals surface area contributed by atoms with Gasteiger partial charge >= 0.3 is 0 Å². The van der Waals surface area contributed by atoms with Crippen LogP contribution < -0.4 is 10.0 Å². The largest absolute Gasteiger partial charge is 0.373 e. The number of benzene rings is 1. The van der Waals surface area contributed by atoms with E-state index in [1.54, 1.807) is 7.05 Å². The molecule has 2 fully saturated rings. The number of hydrogen-bond acceptors (Lipinski definition) is 5. The van der Waals surface area contributed by atoms with Gasteiger partial charge in [-0.3, -0.25) is 9.89 Å². The van der Waals surface area contributed by atoms with Crippen molar-refractivity contribution in [2.45, 2.75) is 38.1 Å². The molecule has 2 atom stereocenters. The van der Waals surface area contributed by atoms with E-state index in [0.29, 0.717) is 12.6 Å². The van der Waals surface area contributed by atoms with Crippen molar-refractivity contribution in [3.8, 4) is 0 Å². The standard InChI is InChI=1S/C20H33N5O3S.HI/c1-20(2,23-29(4,26)27)15-22-19(21-3)25-13-17-18(14-25)28-11-10-24(17)12-16-8-6-5-7-9-16;/h5-9,17-18,23H,10-15H2,1-4H3,(H,21,22);1H. The molecule has 0 spiro atoms. The third-order valence-corrected chi connectivity index (χ3v) is 6.23. The Hall–Kier alpha value is -0.950. The maximum absolute atomic E-state index is 11.6. The second kappa shape index (κ2) is 10.6. The summed E-state index contributed by atoms with van der Waals surface area (Å²) in [5.74, 6) is 0.769. The molecule has 1 aromatic rings. The first-order valence-corrected chi connectivity index (χ1v) is 11.9. The summed E-state index contributed by atoms with van der Waals surface area (Å²) in [6, 6.07) is 10.8. The molecule has 10 heteroatoms. The zero-order valence-electron chi connectivity index (χ0n) is 18.2. The van der Waals surface area contributed by atoms with E-state index in [4.69, 9.17) is 4.74 Å². The van der Waals surface area contributed by atoms with Crippen LogP contribution in [-0.4, -0.2) is 88.0 Å². The summed E-state index contributed by atoms with van der Waals surface area (Å²) in [6.07, 6.45) is 1.32.